The van der Waals surface area contributed by atoms with Crippen molar-refractivity contribution in [3.8, 4) is 11.5 Å². The van der Waals surface area contributed by atoms with Crippen molar-refractivity contribution in [3.63, 3.8) is 0 Å². The van der Waals surface area contributed by atoms with Gasteiger partial charge in [0.05, 0.1) is 18.7 Å². The summed E-state index contributed by atoms with van der Waals surface area (Å²) in [6, 6.07) is 7.81. The van der Waals surface area contributed by atoms with Crippen molar-refractivity contribution in [3.05, 3.63) is 41.8 Å². The van der Waals surface area contributed by atoms with Gasteiger partial charge in [0.25, 0.3) is 5.91 Å². The third-order valence-electron chi connectivity index (χ3n) is 6.43. The van der Waals surface area contributed by atoms with Gasteiger partial charge in [0.2, 0.25) is 11.7 Å². The van der Waals surface area contributed by atoms with Crippen molar-refractivity contribution in [2.75, 3.05) is 26.2 Å². The number of amides is 1. The van der Waals surface area contributed by atoms with Gasteiger partial charge >= 0.3 is 12.1 Å². The topological polar surface area (TPSA) is 96.7 Å². The Hall–Kier alpha value is -2.92. The fourth-order valence-electron chi connectivity index (χ4n) is 4.61. The zero-order chi connectivity index (χ0) is 25.0. The molecule has 2 saturated heterocycles. The zero-order valence-electron chi connectivity index (χ0n) is 19.4. The van der Waals surface area contributed by atoms with Crippen molar-refractivity contribution < 1.29 is 31.9 Å². The molecule has 1 aromatic carbocycles. The highest BCUT2D eigenvalue weighted by molar-refractivity contribution is 5.94. The van der Waals surface area contributed by atoms with Crippen LogP contribution in [-0.2, 0) is 15.7 Å². The molecule has 4 rings (SSSR count). The van der Waals surface area contributed by atoms with Gasteiger partial charge in [0.1, 0.15) is 0 Å². The number of carbonyl (C=O) groups excluding carboxylic acids is 2. The van der Waals surface area contributed by atoms with Crippen LogP contribution < -0.4 is 10.6 Å². The fourth-order valence-corrected chi connectivity index (χ4v) is 4.61. The minimum Gasteiger partial charge on any atom is -0.466 e. The van der Waals surface area contributed by atoms with E-state index in [0.29, 0.717) is 25.1 Å². The number of hydrogen-bond acceptors (Lipinski definition) is 7. The highest BCUT2D eigenvalue weighted by atomic mass is 19.4. The molecule has 35 heavy (non-hydrogen) atoms. The second kappa shape index (κ2) is 10.8. The first-order valence-electron chi connectivity index (χ1n) is 11.8. The van der Waals surface area contributed by atoms with Gasteiger partial charge in [-0.3, -0.25) is 19.8 Å². The van der Waals surface area contributed by atoms with Crippen LogP contribution in [0.4, 0.5) is 13.2 Å². The molecule has 2 N–H and O–H groups in total. The lowest BCUT2D eigenvalue weighted by atomic mass is 9.95. The number of carbonyl (C=O) groups is 2. The van der Waals surface area contributed by atoms with E-state index < -0.39 is 23.5 Å². The van der Waals surface area contributed by atoms with E-state index in [9.17, 15) is 22.8 Å². The second-order valence-electron chi connectivity index (χ2n) is 8.79. The summed E-state index contributed by atoms with van der Waals surface area (Å²) in [6.07, 6.45) is -1.98. The molecule has 2 aliphatic heterocycles. The largest absolute Gasteiger partial charge is 0.466 e. The minimum absolute atomic E-state index is 0.0760. The number of piperidine rings is 2. The molecule has 1 amide bonds. The van der Waals surface area contributed by atoms with Gasteiger partial charge in [-0.05, 0) is 44.7 Å². The van der Waals surface area contributed by atoms with E-state index in [0.717, 1.165) is 32.4 Å². The Morgan fingerprint density at radius 2 is 1.89 bits per heavy atom. The molecule has 2 atom stereocenters. The van der Waals surface area contributed by atoms with Gasteiger partial charge in [-0.1, -0.05) is 18.2 Å². The number of rotatable bonds is 6. The first-order valence-corrected chi connectivity index (χ1v) is 11.8. The highest BCUT2D eigenvalue weighted by Crippen LogP contribution is 2.35. The summed E-state index contributed by atoms with van der Waals surface area (Å²) in [6.45, 7) is 4.10. The number of hydrogen-bond donors (Lipinski definition) is 2. The van der Waals surface area contributed by atoms with Crippen molar-refractivity contribution in [1.82, 2.24) is 20.5 Å². The van der Waals surface area contributed by atoms with E-state index in [1.54, 1.807) is 37.3 Å². The van der Waals surface area contributed by atoms with Crippen molar-refractivity contribution in [2.24, 2.45) is 5.92 Å². The van der Waals surface area contributed by atoms with E-state index >= 15 is 0 Å². The Bertz CT molecular complexity index is 1010. The lowest BCUT2D eigenvalue weighted by Crippen LogP contribution is -2.57. The Morgan fingerprint density at radius 3 is 2.49 bits per heavy atom. The summed E-state index contributed by atoms with van der Waals surface area (Å²) < 4.78 is 50.7. The molecule has 2 unspecified atom stereocenters. The predicted molar refractivity (Wildman–Crippen MR) is 120 cm³/mol. The molecule has 11 heteroatoms. The van der Waals surface area contributed by atoms with E-state index in [-0.39, 0.29) is 30.0 Å². The summed E-state index contributed by atoms with van der Waals surface area (Å²) in [7, 11) is 0. The van der Waals surface area contributed by atoms with Crippen LogP contribution in [0.15, 0.2) is 34.7 Å². The van der Waals surface area contributed by atoms with Crippen molar-refractivity contribution in [1.29, 1.82) is 0 Å². The Balaban J connectivity index is 1.33. The minimum atomic E-state index is -4.85. The Labute approximate surface area is 201 Å². The quantitative estimate of drug-likeness (QED) is 0.594. The Kier molecular flexibility index (Phi) is 7.75. The number of ether oxygens (including phenoxy) is 1. The monoisotopic (exact) mass is 494 g/mol. The average molecular weight is 495 g/mol. The molecular formula is C24H29F3N4O4. The summed E-state index contributed by atoms with van der Waals surface area (Å²) >= 11 is 0. The number of aromatic nitrogens is 1. The lowest BCUT2D eigenvalue weighted by molar-refractivity contribution is -0.153. The van der Waals surface area contributed by atoms with Gasteiger partial charge < -0.3 is 14.5 Å². The summed E-state index contributed by atoms with van der Waals surface area (Å²) in [4.78, 5) is 30.8. The Morgan fingerprint density at radius 1 is 1.17 bits per heavy atom. The van der Waals surface area contributed by atoms with Crippen molar-refractivity contribution >= 4 is 11.9 Å². The second-order valence-corrected chi connectivity index (χ2v) is 8.79. The highest BCUT2D eigenvalue weighted by Gasteiger charge is 2.42. The van der Waals surface area contributed by atoms with Crippen LogP contribution >= 0.6 is 0 Å². The van der Waals surface area contributed by atoms with Crippen LogP contribution in [-0.4, -0.2) is 60.2 Å². The number of benzene rings is 1. The molecule has 190 valence electrons. The molecule has 0 spiro atoms. The van der Waals surface area contributed by atoms with Crippen LogP contribution in [0.3, 0.4) is 0 Å². The van der Waals surface area contributed by atoms with Crippen LogP contribution in [0.25, 0.3) is 11.5 Å². The molecule has 2 aromatic rings. The maximum absolute atomic E-state index is 13.5. The maximum atomic E-state index is 13.5. The summed E-state index contributed by atoms with van der Waals surface area (Å²) in [5, 5.41) is 6.04. The molecule has 2 aliphatic rings. The van der Waals surface area contributed by atoms with E-state index in [4.69, 9.17) is 9.15 Å². The van der Waals surface area contributed by atoms with Crippen LogP contribution in [0.5, 0.6) is 0 Å². The normalized spacial score (nSPS) is 22.1. The van der Waals surface area contributed by atoms with Crippen LogP contribution in [0.2, 0.25) is 0 Å². The molecule has 1 aromatic heterocycles. The number of nitrogens with one attached hydrogen (secondary N) is 2. The molecule has 8 nitrogen and oxygen atoms in total. The number of halogens is 3. The lowest BCUT2D eigenvalue weighted by Gasteiger charge is -2.41. The van der Waals surface area contributed by atoms with Crippen molar-refractivity contribution in [2.45, 2.75) is 51.0 Å². The van der Waals surface area contributed by atoms with E-state index in [1.807, 2.05) is 0 Å². The molecule has 0 radical (unpaired) electrons. The predicted octanol–water partition coefficient (Wildman–Crippen LogP) is 3.44. The third kappa shape index (κ3) is 6.02. The van der Waals surface area contributed by atoms with Gasteiger partial charge in [-0.25, -0.2) is 4.98 Å². The van der Waals surface area contributed by atoms with Gasteiger partial charge in [0.15, 0.2) is 5.69 Å². The van der Waals surface area contributed by atoms with E-state index in [1.165, 1.54) is 0 Å². The van der Waals surface area contributed by atoms with E-state index in [2.05, 4.69) is 20.5 Å². The van der Waals surface area contributed by atoms with Gasteiger partial charge in [-0.2, -0.15) is 13.2 Å². The first-order chi connectivity index (χ1) is 16.8. The number of esters is 1. The smallest absolute Gasteiger partial charge is 0.452 e. The first kappa shape index (κ1) is 25.2. The number of nitrogens with zero attached hydrogens (tertiary/aromatic N) is 2. The zero-order valence-corrected chi connectivity index (χ0v) is 19.4. The standard InChI is InChI=1S/C24H29F3N4O4/c1-2-34-23(33)16-10-12-31(13-11-16)18-9-8-17(14-28-18)29-21(32)19-20(24(25,26)27)35-22(30-19)15-6-4-3-5-7-15/h3-7,16-18,28H,2,8-14H2,1H3,(H,29,32). The molecule has 2 fully saturated rings. The molecule has 0 aliphatic carbocycles. The molecule has 0 bridgehead atoms. The van der Waals surface area contributed by atoms with Gasteiger partial charge in [0, 0.05) is 31.2 Å². The number of alkyl halides is 3. The number of likely N-dealkylation sites (tertiary alicyclic amines) is 1. The number of oxazole rings is 1. The molecule has 3 heterocycles. The SMILES string of the molecule is CCOC(=O)C1CCN(C2CCC(NC(=O)c3nc(-c4ccccc4)oc3C(F)(F)F)CN2)CC1. The molecule has 0 saturated carbocycles. The summed E-state index contributed by atoms with van der Waals surface area (Å²) in [5.41, 5.74) is -0.412. The van der Waals surface area contributed by atoms with Crippen LogP contribution in [0, 0.1) is 5.92 Å². The summed E-state index contributed by atoms with van der Waals surface area (Å²) in [5.74, 6) is -2.79. The third-order valence-corrected chi connectivity index (χ3v) is 6.43. The van der Waals surface area contributed by atoms with Crippen LogP contribution in [0.1, 0.15) is 48.9 Å². The molecular weight excluding hydrogens is 465 g/mol. The van der Waals surface area contributed by atoms with Gasteiger partial charge in [-0.15, -0.1) is 0 Å². The average Bonchev–Trinajstić information content (AvgIpc) is 3.32. The maximum Gasteiger partial charge on any atom is 0.452 e. The fraction of sp³-hybridized carbons (Fsp3) is 0.542.